The summed E-state index contributed by atoms with van der Waals surface area (Å²) in [6.45, 7) is 2.06. The molecule has 0 atom stereocenters. The molecule has 26 heavy (non-hydrogen) atoms. The summed E-state index contributed by atoms with van der Waals surface area (Å²) >= 11 is 3.02. The van der Waals surface area contributed by atoms with Gasteiger partial charge in [-0.1, -0.05) is 59.0 Å². The van der Waals surface area contributed by atoms with Crippen LogP contribution in [0, 0.1) is 6.92 Å². The van der Waals surface area contributed by atoms with Crippen LogP contribution in [0.5, 0.6) is 0 Å². The van der Waals surface area contributed by atoms with Crippen molar-refractivity contribution in [2.75, 3.05) is 5.32 Å². The Bertz CT molecular complexity index is 982. The van der Waals surface area contributed by atoms with Gasteiger partial charge in [-0.05, 0) is 31.2 Å². The van der Waals surface area contributed by atoms with Crippen molar-refractivity contribution < 1.29 is 4.42 Å². The Morgan fingerprint density at radius 2 is 1.77 bits per heavy atom. The molecule has 0 aliphatic heterocycles. The number of thioether (sulfide) groups is 1. The highest BCUT2D eigenvalue weighted by Gasteiger charge is 2.11. The van der Waals surface area contributed by atoms with Gasteiger partial charge in [0.25, 0.3) is 0 Å². The minimum atomic E-state index is 0.528. The summed E-state index contributed by atoms with van der Waals surface area (Å²) in [5.74, 6) is 1.65. The molecular weight excluding hydrogens is 366 g/mol. The van der Waals surface area contributed by atoms with Crippen LogP contribution in [0.2, 0.25) is 0 Å². The second-order valence-corrected chi connectivity index (χ2v) is 7.72. The molecule has 2 aromatic heterocycles. The van der Waals surface area contributed by atoms with Crippen molar-refractivity contribution in [1.82, 2.24) is 20.4 Å². The standard InChI is InChI=1S/C18H15N5OS2/c1-12-7-9-14(10-8-12)19-17-22-23-18(26-17)25-11-15-20-21-16(24-15)13-5-3-2-4-6-13/h2-10H,11H2,1H3,(H,19,22). The largest absolute Gasteiger partial charge is 0.420 e. The molecular formula is C18H15N5OS2. The van der Waals surface area contributed by atoms with E-state index in [2.05, 4.69) is 44.8 Å². The molecule has 8 heteroatoms. The molecule has 4 rings (SSSR count). The molecule has 0 aliphatic rings. The van der Waals surface area contributed by atoms with E-state index in [1.165, 1.54) is 28.7 Å². The van der Waals surface area contributed by atoms with Crippen molar-refractivity contribution in [3.05, 3.63) is 66.1 Å². The van der Waals surface area contributed by atoms with Gasteiger partial charge in [0, 0.05) is 11.3 Å². The number of benzene rings is 2. The Kier molecular flexibility index (Phi) is 4.94. The maximum Gasteiger partial charge on any atom is 0.247 e. The second-order valence-electron chi connectivity index (χ2n) is 5.52. The third kappa shape index (κ3) is 4.09. The summed E-state index contributed by atoms with van der Waals surface area (Å²) < 4.78 is 6.55. The van der Waals surface area contributed by atoms with Gasteiger partial charge in [-0.2, -0.15) is 0 Å². The summed E-state index contributed by atoms with van der Waals surface area (Å²) in [6, 6.07) is 17.9. The van der Waals surface area contributed by atoms with Gasteiger partial charge >= 0.3 is 0 Å². The van der Waals surface area contributed by atoms with Gasteiger partial charge in [0.1, 0.15) is 0 Å². The van der Waals surface area contributed by atoms with Gasteiger partial charge in [-0.3, -0.25) is 0 Å². The molecule has 0 bridgehead atoms. The third-order valence-corrected chi connectivity index (χ3v) is 5.47. The van der Waals surface area contributed by atoms with E-state index in [0.29, 0.717) is 17.5 Å². The molecule has 0 unspecified atom stereocenters. The maximum atomic E-state index is 5.70. The average Bonchev–Trinajstić information content (AvgIpc) is 3.32. The molecule has 2 heterocycles. The lowest BCUT2D eigenvalue weighted by Gasteiger charge is -2.01. The lowest BCUT2D eigenvalue weighted by atomic mass is 10.2. The SMILES string of the molecule is Cc1ccc(Nc2nnc(SCc3nnc(-c4ccccc4)o3)s2)cc1. The highest BCUT2D eigenvalue weighted by Crippen LogP contribution is 2.30. The molecule has 0 fully saturated rings. The van der Waals surface area contributed by atoms with Crippen molar-refractivity contribution in [2.24, 2.45) is 0 Å². The van der Waals surface area contributed by atoms with Crippen LogP contribution in [0.25, 0.3) is 11.5 Å². The molecule has 1 N–H and O–H groups in total. The quantitative estimate of drug-likeness (QED) is 0.474. The summed E-state index contributed by atoms with van der Waals surface area (Å²) in [7, 11) is 0. The Labute approximate surface area is 158 Å². The fourth-order valence-electron chi connectivity index (χ4n) is 2.21. The van der Waals surface area contributed by atoms with E-state index < -0.39 is 0 Å². The lowest BCUT2D eigenvalue weighted by molar-refractivity contribution is 0.528. The molecule has 2 aromatic carbocycles. The molecule has 130 valence electrons. The number of hydrogen-bond acceptors (Lipinski definition) is 8. The van der Waals surface area contributed by atoms with Crippen molar-refractivity contribution in [1.29, 1.82) is 0 Å². The molecule has 6 nitrogen and oxygen atoms in total. The summed E-state index contributed by atoms with van der Waals surface area (Å²) in [4.78, 5) is 0. The second kappa shape index (κ2) is 7.67. The normalized spacial score (nSPS) is 10.8. The summed E-state index contributed by atoms with van der Waals surface area (Å²) in [6.07, 6.45) is 0. The van der Waals surface area contributed by atoms with Crippen molar-refractivity contribution >= 4 is 33.9 Å². The number of aryl methyl sites for hydroxylation is 1. The number of nitrogens with one attached hydrogen (secondary N) is 1. The van der Waals surface area contributed by atoms with E-state index in [-0.39, 0.29) is 0 Å². The van der Waals surface area contributed by atoms with Crippen LogP contribution in [0.4, 0.5) is 10.8 Å². The predicted molar refractivity (Wildman–Crippen MR) is 104 cm³/mol. The first-order valence-corrected chi connectivity index (χ1v) is 9.74. The van der Waals surface area contributed by atoms with Crippen molar-refractivity contribution in [2.45, 2.75) is 17.0 Å². The number of anilines is 2. The number of hydrogen-bond donors (Lipinski definition) is 1. The fraction of sp³-hybridized carbons (Fsp3) is 0.111. The van der Waals surface area contributed by atoms with Gasteiger partial charge in [0.2, 0.25) is 16.9 Å². The minimum Gasteiger partial charge on any atom is -0.420 e. The third-order valence-electron chi connectivity index (χ3n) is 3.52. The van der Waals surface area contributed by atoms with Crippen LogP contribution in [0.3, 0.4) is 0 Å². The van der Waals surface area contributed by atoms with Crippen molar-refractivity contribution in [3.63, 3.8) is 0 Å². The molecule has 4 aromatic rings. The first-order valence-electron chi connectivity index (χ1n) is 7.94. The Hall–Kier alpha value is -2.71. The van der Waals surface area contributed by atoms with E-state index >= 15 is 0 Å². The van der Waals surface area contributed by atoms with Gasteiger partial charge in [0.05, 0.1) is 5.75 Å². The summed E-state index contributed by atoms with van der Waals surface area (Å²) in [5, 5.41) is 20.6. The zero-order valence-electron chi connectivity index (χ0n) is 13.9. The first-order chi connectivity index (χ1) is 12.8. The van der Waals surface area contributed by atoms with Crippen LogP contribution >= 0.6 is 23.1 Å². The van der Waals surface area contributed by atoms with Crippen LogP contribution in [-0.4, -0.2) is 20.4 Å². The van der Waals surface area contributed by atoms with Gasteiger partial charge in [-0.25, -0.2) is 0 Å². The minimum absolute atomic E-state index is 0.528. The van der Waals surface area contributed by atoms with E-state index in [0.717, 1.165) is 20.7 Å². The number of aromatic nitrogens is 4. The summed E-state index contributed by atoms with van der Waals surface area (Å²) in [5.41, 5.74) is 3.13. The van der Waals surface area contributed by atoms with Crippen LogP contribution in [-0.2, 0) is 5.75 Å². The van der Waals surface area contributed by atoms with Crippen LogP contribution < -0.4 is 5.32 Å². The zero-order valence-corrected chi connectivity index (χ0v) is 15.5. The number of rotatable bonds is 6. The molecule has 0 spiro atoms. The van der Waals surface area contributed by atoms with E-state index in [9.17, 15) is 0 Å². The highest BCUT2D eigenvalue weighted by molar-refractivity contribution is 8.00. The smallest absolute Gasteiger partial charge is 0.247 e. The monoisotopic (exact) mass is 381 g/mol. The predicted octanol–water partition coefficient (Wildman–Crippen LogP) is 4.93. The van der Waals surface area contributed by atoms with E-state index in [1.54, 1.807) is 0 Å². The zero-order chi connectivity index (χ0) is 17.8. The first kappa shape index (κ1) is 16.7. The lowest BCUT2D eigenvalue weighted by Crippen LogP contribution is -1.88. The molecule has 0 amide bonds. The topological polar surface area (TPSA) is 76.7 Å². The average molecular weight is 381 g/mol. The van der Waals surface area contributed by atoms with E-state index in [1.807, 2.05) is 42.5 Å². The molecule has 0 radical (unpaired) electrons. The van der Waals surface area contributed by atoms with Gasteiger partial charge in [-0.15, -0.1) is 20.4 Å². The van der Waals surface area contributed by atoms with Crippen LogP contribution in [0.1, 0.15) is 11.5 Å². The Morgan fingerprint density at radius 1 is 0.962 bits per heavy atom. The number of nitrogens with zero attached hydrogens (tertiary/aromatic N) is 4. The fourth-order valence-corrected chi connectivity index (χ4v) is 3.82. The molecule has 0 aliphatic carbocycles. The Balaban J connectivity index is 1.36. The molecule has 0 saturated carbocycles. The van der Waals surface area contributed by atoms with Crippen molar-refractivity contribution in [3.8, 4) is 11.5 Å². The molecule has 0 saturated heterocycles. The van der Waals surface area contributed by atoms with Crippen LogP contribution in [0.15, 0.2) is 63.4 Å². The Morgan fingerprint density at radius 3 is 2.58 bits per heavy atom. The van der Waals surface area contributed by atoms with E-state index in [4.69, 9.17) is 4.42 Å². The maximum absolute atomic E-state index is 5.70. The van der Waals surface area contributed by atoms with Gasteiger partial charge in [0.15, 0.2) is 4.34 Å². The highest BCUT2D eigenvalue weighted by atomic mass is 32.2. The van der Waals surface area contributed by atoms with Gasteiger partial charge < -0.3 is 9.73 Å².